The van der Waals surface area contributed by atoms with Gasteiger partial charge in [-0.05, 0) is 50.5 Å². The van der Waals surface area contributed by atoms with Crippen molar-refractivity contribution in [3.63, 3.8) is 0 Å². The Morgan fingerprint density at radius 2 is 2.04 bits per heavy atom. The predicted octanol–water partition coefficient (Wildman–Crippen LogP) is 2.04. The molecule has 2 aliphatic rings. The third kappa shape index (κ3) is 3.53. The van der Waals surface area contributed by atoms with Crippen molar-refractivity contribution < 1.29 is 14.3 Å². The average Bonchev–Trinajstić information content (AvgIpc) is 2.83. The summed E-state index contributed by atoms with van der Waals surface area (Å²) in [4.78, 5) is 27.7. The molecule has 1 saturated heterocycles. The van der Waals surface area contributed by atoms with Gasteiger partial charge in [0.1, 0.15) is 5.60 Å². The summed E-state index contributed by atoms with van der Waals surface area (Å²) in [5.74, 6) is 0.0774. The van der Waals surface area contributed by atoms with Gasteiger partial charge in [0.25, 0.3) is 0 Å². The number of carbonyl (C=O) groups is 2. The Morgan fingerprint density at radius 1 is 1.29 bits per heavy atom. The van der Waals surface area contributed by atoms with Crippen molar-refractivity contribution in [3.05, 3.63) is 29.3 Å². The van der Waals surface area contributed by atoms with Crippen LogP contribution in [-0.2, 0) is 22.5 Å². The fraction of sp³-hybridized carbons (Fsp3) is 0.556. The van der Waals surface area contributed by atoms with Gasteiger partial charge < -0.3 is 20.3 Å². The van der Waals surface area contributed by atoms with Crippen molar-refractivity contribution >= 4 is 17.7 Å². The van der Waals surface area contributed by atoms with E-state index in [2.05, 4.69) is 6.07 Å². The Labute approximate surface area is 142 Å². The number of carbonyl (C=O) groups excluding carboxylic acids is 2. The summed E-state index contributed by atoms with van der Waals surface area (Å²) >= 11 is 0. The molecule has 6 heteroatoms. The maximum absolute atomic E-state index is 12.2. The Kier molecular flexibility index (Phi) is 4.25. The number of ether oxygens (including phenoxy) is 1. The molecule has 0 spiro atoms. The summed E-state index contributed by atoms with van der Waals surface area (Å²) in [6.45, 7) is 7.34. The normalized spacial score (nSPS) is 21.0. The van der Waals surface area contributed by atoms with Crippen LogP contribution in [0.4, 0.5) is 10.5 Å². The van der Waals surface area contributed by atoms with Gasteiger partial charge >= 0.3 is 6.09 Å². The first-order valence-electron chi connectivity index (χ1n) is 8.38. The molecule has 1 fully saturated rings. The molecule has 6 nitrogen and oxygen atoms in total. The van der Waals surface area contributed by atoms with E-state index < -0.39 is 5.60 Å². The van der Waals surface area contributed by atoms with Crippen LogP contribution in [0.25, 0.3) is 0 Å². The molecule has 130 valence electrons. The fourth-order valence-electron chi connectivity index (χ4n) is 3.17. The number of nitrogens with two attached hydrogens (primary N) is 1. The first kappa shape index (κ1) is 16.8. The van der Waals surface area contributed by atoms with Crippen molar-refractivity contribution in [2.75, 3.05) is 18.0 Å². The number of amides is 2. The van der Waals surface area contributed by atoms with Crippen LogP contribution < -0.4 is 10.6 Å². The second-order valence-electron chi connectivity index (χ2n) is 7.57. The van der Waals surface area contributed by atoms with Crippen LogP contribution >= 0.6 is 0 Å². The maximum atomic E-state index is 12.2. The van der Waals surface area contributed by atoms with Crippen molar-refractivity contribution in [1.29, 1.82) is 0 Å². The topological polar surface area (TPSA) is 75.9 Å². The minimum atomic E-state index is -0.490. The Balaban J connectivity index is 1.73. The summed E-state index contributed by atoms with van der Waals surface area (Å²) in [5, 5.41) is 0. The third-order valence-corrected chi connectivity index (χ3v) is 4.32. The van der Waals surface area contributed by atoms with Crippen molar-refractivity contribution in [2.24, 2.45) is 5.73 Å². The molecule has 0 radical (unpaired) electrons. The molecule has 2 amide bonds. The van der Waals surface area contributed by atoms with E-state index in [1.165, 1.54) is 5.56 Å². The van der Waals surface area contributed by atoms with Gasteiger partial charge in [0.15, 0.2) is 0 Å². The lowest BCUT2D eigenvalue weighted by molar-refractivity contribution is -0.117. The molecule has 1 aromatic carbocycles. The molecule has 1 atom stereocenters. The van der Waals surface area contributed by atoms with E-state index in [4.69, 9.17) is 10.5 Å². The van der Waals surface area contributed by atoms with Crippen LogP contribution in [0, 0.1) is 0 Å². The molecule has 0 saturated carbocycles. The number of hydrogen-bond acceptors (Lipinski definition) is 4. The largest absolute Gasteiger partial charge is 0.444 e. The zero-order valence-electron chi connectivity index (χ0n) is 14.5. The second-order valence-corrected chi connectivity index (χ2v) is 7.57. The molecule has 2 heterocycles. The van der Waals surface area contributed by atoms with Gasteiger partial charge in [-0.15, -0.1) is 0 Å². The molecule has 24 heavy (non-hydrogen) atoms. The molecular formula is C18H25N3O3. The average molecular weight is 331 g/mol. The fourth-order valence-corrected chi connectivity index (χ4v) is 3.17. The van der Waals surface area contributed by atoms with Crippen LogP contribution in [-0.4, -0.2) is 41.6 Å². The lowest BCUT2D eigenvalue weighted by Gasteiger charge is -2.31. The molecule has 2 aliphatic heterocycles. The minimum Gasteiger partial charge on any atom is -0.444 e. The zero-order valence-corrected chi connectivity index (χ0v) is 14.5. The van der Waals surface area contributed by atoms with E-state index in [-0.39, 0.29) is 18.0 Å². The Bertz CT molecular complexity index is 666. The highest BCUT2D eigenvalue weighted by Crippen LogP contribution is 2.28. The van der Waals surface area contributed by atoms with E-state index in [9.17, 15) is 9.59 Å². The van der Waals surface area contributed by atoms with E-state index in [0.29, 0.717) is 26.1 Å². The molecule has 3 rings (SSSR count). The van der Waals surface area contributed by atoms with Gasteiger partial charge in [-0.2, -0.15) is 0 Å². The van der Waals surface area contributed by atoms with Gasteiger partial charge in [0.05, 0.1) is 0 Å². The number of anilines is 1. The SMILES string of the molecule is CC(C)(C)OC(=O)N1CCc2cc(N3CC(N)CC3=O)ccc2C1. The first-order chi connectivity index (χ1) is 11.2. The van der Waals surface area contributed by atoms with Gasteiger partial charge in [-0.3, -0.25) is 4.79 Å². The van der Waals surface area contributed by atoms with Crippen LogP contribution in [0.5, 0.6) is 0 Å². The third-order valence-electron chi connectivity index (χ3n) is 4.32. The summed E-state index contributed by atoms with van der Waals surface area (Å²) in [5.41, 5.74) is 8.57. The first-order valence-corrected chi connectivity index (χ1v) is 8.38. The van der Waals surface area contributed by atoms with Gasteiger partial charge in [0.2, 0.25) is 5.91 Å². The van der Waals surface area contributed by atoms with Crippen molar-refractivity contribution in [1.82, 2.24) is 4.90 Å². The van der Waals surface area contributed by atoms with Crippen LogP contribution in [0.15, 0.2) is 18.2 Å². The number of nitrogens with zero attached hydrogens (tertiary/aromatic N) is 2. The predicted molar refractivity (Wildman–Crippen MR) is 91.7 cm³/mol. The summed E-state index contributed by atoms with van der Waals surface area (Å²) in [7, 11) is 0. The highest BCUT2D eigenvalue weighted by molar-refractivity contribution is 5.96. The van der Waals surface area contributed by atoms with Crippen molar-refractivity contribution in [3.8, 4) is 0 Å². The molecule has 0 bridgehead atoms. The number of rotatable bonds is 1. The summed E-state index contributed by atoms with van der Waals surface area (Å²) < 4.78 is 5.44. The smallest absolute Gasteiger partial charge is 0.410 e. The van der Waals surface area contributed by atoms with Crippen LogP contribution in [0.2, 0.25) is 0 Å². The van der Waals surface area contributed by atoms with E-state index in [1.54, 1.807) is 9.80 Å². The number of benzene rings is 1. The second kappa shape index (κ2) is 6.09. The lowest BCUT2D eigenvalue weighted by atomic mass is 9.99. The van der Waals surface area contributed by atoms with E-state index >= 15 is 0 Å². The number of fused-ring (bicyclic) bond motifs is 1. The standard InChI is InChI=1S/C18H25N3O3/c1-18(2,3)24-17(23)20-7-6-12-8-15(5-4-13(12)10-20)21-11-14(19)9-16(21)22/h4-5,8,14H,6-7,9-11,19H2,1-3H3. The molecule has 0 aliphatic carbocycles. The monoisotopic (exact) mass is 331 g/mol. The van der Waals surface area contributed by atoms with Crippen LogP contribution in [0.1, 0.15) is 38.3 Å². The van der Waals surface area contributed by atoms with Crippen LogP contribution in [0.3, 0.4) is 0 Å². The van der Waals surface area contributed by atoms with E-state index in [0.717, 1.165) is 17.7 Å². The zero-order chi connectivity index (χ0) is 17.5. The highest BCUT2D eigenvalue weighted by atomic mass is 16.6. The molecule has 1 aromatic rings. The Morgan fingerprint density at radius 3 is 2.67 bits per heavy atom. The molecular weight excluding hydrogens is 306 g/mol. The minimum absolute atomic E-state index is 0.0774. The van der Waals surface area contributed by atoms with Crippen molar-refractivity contribution in [2.45, 2.75) is 51.8 Å². The number of hydrogen-bond donors (Lipinski definition) is 1. The van der Waals surface area contributed by atoms with E-state index in [1.807, 2.05) is 32.9 Å². The van der Waals surface area contributed by atoms with Gasteiger partial charge in [0, 0.05) is 37.8 Å². The quantitative estimate of drug-likeness (QED) is 0.854. The van der Waals surface area contributed by atoms with Gasteiger partial charge in [-0.1, -0.05) is 6.07 Å². The molecule has 0 aromatic heterocycles. The lowest BCUT2D eigenvalue weighted by Crippen LogP contribution is -2.40. The summed E-state index contributed by atoms with van der Waals surface area (Å²) in [6, 6.07) is 5.90. The van der Waals surface area contributed by atoms with Gasteiger partial charge in [-0.25, -0.2) is 4.79 Å². The molecule has 1 unspecified atom stereocenters. The maximum Gasteiger partial charge on any atom is 0.410 e. The highest BCUT2D eigenvalue weighted by Gasteiger charge is 2.30. The summed E-state index contributed by atoms with van der Waals surface area (Å²) in [6.07, 6.45) is 0.887. The Hall–Kier alpha value is -2.08. The molecule has 2 N–H and O–H groups in total.